The molecule has 0 aromatic heterocycles. The Morgan fingerprint density at radius 2 is 1.59 bits per heavy atom. The third kappa shape index (κ3) is 8.51. The number of hydrogen-bond donors (Lipinski definition) is 2. The lowest BCUT2D eigenvalue weighted by atomic mass is 10.1. The summed E-state index contributed by atoms with van der Waals surface area (Å²) in [6.07, 6.45) is 1.18. The maximum atomic E-state index is 11.5. The van der Waals surface area contributed by atoms with E-state index in [4.69, 9.17) is 4.74 Å². The van der Waals surface area contributed by atoms with Crippen molar-refractivity contribution in [3.63, 3.8) is 0 Å². The molecule has 2 N–H and O–H groups in total. The first kappa shape index (κ1) is 25.7. The Hall–Kier alpha value is -2.59. The fourth-order valence-corrected chi connectivity index (χ4v) is 3.41. The number of guanidine groups is 1. The molecule has 0 aliphatic carbocycles. The molecular formula is C24H28IN3O3S. The topological polar surface area (TPSA) is 79.8 Å². The maximum Gasteiger partial charge on any atom is 0.196 e. The minimum Gasteiger partial charge on any atom is -0.492 e. The fraction of sp³-hybridized carbons (Fsp3) is 0.208. The van der Waals surface area contributed by atoms with Crippen LogP contribution >= 0.6 is 24.0 Å². The molecule has 0 saturated heterocycles. The Kier molecular flexibility index (Phi) is 9.98. The van der Waals surface area contributed by atoms with Crippen molar-refractivity contribution in [3.05, 3.63) is 90.0 Å². The third-order valence-corrected chi connectivity index (χ3v) is 5.62. The molecule has 32 heavy (non-hydrogen) atoms. The number of hydrogen-bond acceptors (Lipinski definition) is 4. The zero-order chi connectivity index (χ0) is 22.1. The highest BCUT2D eigenvalue weighted by molar-refractivity contribution is 14.0. The summed E-state index contributed by atoms with van der Waals surface area (Å²) in [4.78, 5) is 4.95. The Bertz CT molecular complexity index is 1100. The van der Waals surface area contributed by atoms with Gasteiger partial charge in [0.1, 0.15) is 12.4 Å². The largest absolute Gasteiger partial charge is 0.492 e. The van der Waals surface area contributed by atoms with E-state index in [0.29, 0.717) is 31.4 Å². The minimum absolute atomic E-state index is 0. The van der Waals surface area contributed by atoms with Crippen LogP contribution in [0.5, 0.6) is 5.75 Å². The molecule has 8 heteroatoms. The van der Waals surface area contributed by atoms with Gasteiger partial charge in [0.05, 0.1) is 18.0 Å². The van der Waals surface area contributed by atoms with E-state index in [2.05, 4.69) is 46.8 Å². The SMILES string of the molecule is Cc1ccc(CN=C(NCCOc2ccc(S(C)(=O)=O)cc2)Nc2ccccc2)cc1.I. The summed E-state index contributed by atoms with van der Waals surface area (Å²) in [5.74, 6) is 1.27. The number of sulfone groups is 1. The first-order chi connectivity index (χ1) is 14.9. The molecule has 0 bridgehead atoms. The monoisotopic (exact) mass is 565 g/mol. The van der Waals surface area contributed by atoms with Gasteiger partial charge in [-0.25, -0.2) is 13.4 Å². The molecule has 0 heterocycles. The standard InChI is InChI=1S/C24H27N3O3S.HI/c1-19-8-10-20(11-9-19)18-26-24(27-21-6-4-3-5-7-21)25-16-17-30-22-12-14-23(15-13-22)31(2,28)29;/h3-15H,16-18H2,1-2H3,(H2,25,26,27);1H. The molecule has 0 aliphatic rings. The quantitative estimate of drug-likeness (QED) is 0.180. The van der Waals surface area contributed by atoms with Crippen LogP contribution in [-0.2, 0) is 16.4 Å². The van der Waals surface area contributed by atoms with Gasteiger partial charge in [-0.3, -0.25) is 0 Å². The summed E-state index contributed by atoms with van der Waals surface area (Å²) < 4.78 is 28.8. The summed E-state index contributed by atoms with van der Waals surface area (Å²) >= 11 is 0. The summed E-state index contributed by atoms with van der Waals surface area (Å²) in [5, 5.41) is 6.57. The van der Waals surface area contributed by atoms with Crippen LogP contribution in [0.25, 0.3) is 0 Å². The van der Waals surface area contributed by atoms with E-state index in [0.717, 1.165) is 11.3 Å². The molecule has 3 rings (SSSR count). The lowest BCUT2D eigenvalue weighted by Gasteiger charge is -2.13. The van der Waals surface area contributed by atoms with Gasteiger partial charge in [-0.2, -0.15) is 0 Å². The zero-order valence-electron chi connectivity index (χ0n) is 18.1. The lowest BCUT2D eigenvalue weighted by Crippen LogP contribution is -2.34. The Morgan fingerprint density at radius 3 is 2.22 bits per heavy atom. The van der Waals surface area contributed by atoms with Crippen molar-refractivity contribution in [2.24, 2.45) is 4.99 Å². The van der Waals surface area contributed by atoms with Crippen molar-refractivity contribution in [2.75, 3.05) is 24.7 Å². The molecule has 0 amide bonds. The molecule has 0 fully saturated rings. The highest BCUT2D eigenvalue weighted by atomic mass is 127. The first-order valence-corrected chi connectivity index (χ1v) is 11.9. The lowest BCUT2D eigenvalue weighted by molar-refractivity contribution is 0.322. The number of ether oxygens (including phenoxy) is 1. The van der Waals surface area contributed by atoms with Gasteiger partial charge in [0.2, 0.25) is 0 Å². The molecular weight excluding hydrogens is 537 g/mol. The second-order valence-corrected chi connectivity index (χ2v) is 9.18. The number of aliphatic imine (C=N–C) groups is 1. The smallest absolute Gasteiger partial charge is 0.196 e. The van der Waals surface area contributed by atoms with E-state index in [9.17, 15) is 8.42 Å². The number of nitrogens with one attached hydrogen (secondary N) is 2. The van der Waals surface area contributed by atoms with Gasteiger partial charge < -0.3 is 15.4 Å². The number of anilines is 1. The molecule has 170 valence electrons. The van der Waals surface area contributed by atoms with Crippen molar-refractivity contribution in [3.8, 4) is 5.75 Å². The van der Waals surface area contributed by atoms with Gasteiger partial charge in [-0.15, -0.1) is 24.0 Å². The Balaban J connectivity index is 0.00000363. The van der Waals surface area contributed by atoms with Gasteiger partial charge in [0, 0.05) is 11.9 Å². The molecule has 0 aliphatic heterocycles. The van der Waals surface area contributed by atoms with Gasteiger partial charge in [-0.1, -0.05) is 48.0 Å². The van der Waals surface area contributed by atoms with Gasteiger partial charge in [0.25, 0.3) is 0 Å². The van der Waals surface area contributed by atoms with Crippen LogP contribution in [-0.4, -0.2) is 33.8 Å². The highest BCUT2D eigenvalue weighted by Gasteiger charge is 2.06. The third-order valence-electron chi connectivity index (χ3n) is 4.49. The van der Waals surface area contributed by atoms with Crippen LogP contribution in [0.4, 0.5) is 5.69 Å². The molecule has 0 unspecified atom stereocenters. The average molecular weight is 565 g/mol. The van der Waals surface area contributed by atoms with E-state index in [1.165, 1.54) is 11.8 Å². The van der Waals surface area contributed by atoms with E-state index in [-0.39, 0.29) is 28.9 Å². The Morgan fingerprint density at radius 1 is 0.938 bits per heavy atom. The minimum atomic E-state index is -3.21. The van der Waals surface area contributed by atoms with Crippen molar-refractivity contribution >= 4 is 45.5 Å². The predicted molar refractivity (Wildman–Crippen MR) is 141 cm³/mol. The molecule has 3 aromatic carbocycles. The van der Waals surface area contributed by atoms with Crippen LogP contribution < -0.4 is 15.4 Å². The van der Waals surface area contributed by atoms with Crippen LogP contribution in [0.15, 0.2) is 88.8 Å². The van der Waals surface area contributed by atoms with Crippen molar-refractivity contribution in [1.29, 1.82) is 0 Å². The second-order valence-electron chi connectivity index (χ2n) is 7.16. The van der Waals surface area contributed by atoms with E-state index >= 15 is 0 Å². The molecule has 0 atom stereocenters. The summed E-state index contributed by atoms with van der Waals surface area (Å²) in [6.45, 7) is 3.54. The highest BCUT2D eigenvalue weighted by Crippen LogP contribution is 2.15. The number of benzene rings is 3. The van der Waals surface area contributed by atoms with Crippen molar-refractivity contribution < 1.29 is 13.2 Å². The molecule has 6 nitrogen and oxygen atoms in total. The zero-order valence-corrected chi connectivity index (χ0v) is 21.3. The van der Waals surface area contributed by atoms with Crippen LogP contribution in [0.2, 0.25) is 0 Å². The Labute approximate surface area is 207 Å². The first-order valence-electron chi connectivity index (χ1n) is 9.99. The summed E-state index contributed by atoms with van der Waals surface area (Å²) in [5.41, 5.74) is 3.28. The number of nitrogens with zero attached hydrogens (tertiary/aromatic N) is 1. The number of rotatable bonds is 8. The number of halogens is 1. The fourth-order valence-electron chi connectivity index (χ4n) is 2.78. The van der Waals surface area contributed by atoms with E-state index in [1.54, 1.807) is 24.3 Å². The second kappa shape index (κ2) is 12.4. The predicted octanol–water partition coefficient (Wildman–Crippen LogP) is 4.65. The summed E-state index contributed by atoms with van der Waals surface area (Å²) in [6, 6.07) is 24.5. The molecule has 0 spiro atoms. The maximum absolute atomic E-state index is 11.5. The van der Waals surface area contributed by atoms with Gasteiger partial charge in [-0.05, 0) is 48.9 Å². The van der Waals surface area contributed by atoms with Crippen LogP contribution in [0.3, 0.4) is 0 Å². The molecule has 0 saturated carbocycles. The van der Waals surface area contributed by atoms with Crippen LogP contribution in [0, 0.1) is 6.92 Å². The van der Waals surface area contributed by atoms with Gasteiger partial charge in [0.15, 0.2) is 15.8 Å². The molecule has 3 aromatic rings. The average Bonchev–Trinajstić information content (AvgIpc) is 2.76. The van der Waals surface area contributed by atoms with Crippen molar-refractivity contribution in [2.45, 2.75) is 18.4 Å². The van der Waals surface area contributed by atoms with Crippen LogP contribution in [0.1, 0.15) is 11.1 Å². The molecule has 0 radical (unpaired) electrons. The van der Waals surface area contributed by atoms with Gasteiger partial charge >= 0.3 is 0 Å². The van der Waals surface area contributed by atoms with Crippen molar-refractivity contribution in [1.82, 2.24) is 5.32 Å². The summed E-state index contributed by atoms with van der Waals surface area (Å²) in [7, 11) is -3.21. The van der Waals surface area contributed by atoms with E-state index in [1.807, 2.05) is 30.3 Å². The van der Waals surface area contributed by atoms with E-state index < -0.39 is 9.84 Å². The number of aryl methyl sites for hydroxylation is 1. The normalized spacial score (nSPS) is 11.4. The number of para-hydroxylation sites is 1.